The van der Waals surface area contributed by atoms with Gasteiger partial charge in [0.15, 0.2) is 0 Å². The Kier molecular flexibility index (Phi) is 4.05. The monoisotopic (exact) mass is 260 g/mol. The molecule has 0 saturated carbocycles. The average molecular weight is 260 g/mol. The van der Waals surface area contributed by atoms with Crippen LogP contribution < -0.4 is 10.0 Å². The maximum absolute atomic E-state index is 12.2. The van der Waals surface area contributed by atoms with Crippen LogP contribution >= 0.6 is 0 Å². The largest absolute Gasteiger partial charge is 0.598 e. The Morgan fingerprint density at radius 1 is 1.35 bits per heavy atom. The Morgan fingerprint density at radius 2 is 2.00 bits per heavy atom. The molecule has 5 heteroatoms. The van der Waals surface area contributed by atoms with Gasteiger partial charge in [-0.25, -0.2) is 0 Å². The number of ether oxygens (including phenoxy) is 1. The van der Waals surface area contributed by atoms with Gasteiger partial charge in [0.05, 0.1) is 19.3 Å². The standard InChI is InChI=1S/C12H24N2O2S/c1-11(2,3)17(15)14-10-8-16-9-12(10)4-6-13-7-5-12/h10,13-14H,4-9H2,1-3H3/t10?,17-/m1/s1. The molecule has 4 nitrogen and oxygen atoms in total. The van der Waals surface area contributed by atoms with E-state index in [1.54, 1.807) is 0 Å². The zero-order valence-corrected chi connectivity index (χ0v) is 11.9. The van der Waals surface area contributed by atoms with Gasteiger partial charge in [-0.15, -0.1) is 4.72 Å². The molecule has 100 valence electrons. The maximum atomic E-state index is 12.2. The third-order valence-electron chi connectivity index (χ3n) is 3.82. The maximum Gasteiger partial charge on any atom is 0.136 e. The molecule has 1 unspecified atom stereocenters. The van der Waals surface area contributed by atoms with E-state index < -0.39 is 11.4 Å². The Labute approximate surface area is 107 Å². The van der Waals surface area contributed by atoms with Crippen molar-refractivity contribution in [3.05, 3.63) is 0 Å². The molecule has 2 aliphatic rings. The smallest absolute Gasteiger partial charge is 0.136 e. The summed E-state index contributed by atoms with van der Waals surface area (Å²) >= 11 is -1.01. The summed E-state index contributed by atoms with van der Waals surface area (Å²) in [6.45, 7) is 9.60. The Balaban J connectivity index is 1.99. The summed E-state index contributed by atoms with van der Waals surface area (Å²) in [4.78, 5) is 0. The van der Waals surface area contributed by atoms with Gasteiger partial charge in [0.25, 0.3) is 0 Å². The van der Waals surface area contributed by atoms with Crippen molar-refractivity contribution in [2.75, 3.05) is 26.3 Å². The molecule has 0 amide bonds. The summed E-state index contributed by atoms with van der Waals surface area (Å²) in [6.07, 6.45) is 2.23. The number of piperidine rings is 1. The fourth-order valence-corrected chi connectivity index (χ4v) is 3.47. The molecule has 2 aliphatic heterocycles. The lowest BCUT2D eigenvalue weighted by atomic mass is 9.75. The molecule has 0 aromatic carbocycles. The van der Waals surface area contributed by atoms with Crippen LogP contribution in [0.25, 0.3) is 0 Å². The topological polar surface area (TPSA) is 56.3 Å². The third-order valence-corrected chi connectivity index (χ3v) is 5.43. The molecule has 0 aromatic heterocycles. The van der Waals surface area contributed by atoms with Crippen LogP contribution in [0.15, 0.2) is 0 Å². The molecule has 2 fully saturated rings. The van der Waals surface area contributed by atoms with Crippen LogP contribution in [-0.4, -0.2) is 41.6 Å². The highest BCUT2D eigenvalue weighted by atomic mass is 32.2. The van der Waals surface area contributed by atoms with E-state index in [-0.39, 0.29) is 16.2 Å². The van der Waals surface area contributed by atoms with Crippen LogP contribution in [0, 0.1) is 5.41 Å². The van der Waals surface area contributed by atoms with Crippen LogP contribution in [0.2, 0.25) is 0 Å². The number of hydrogen-bond donors (Lipinski definition) is 2. The van der Waals surface area contributed by atoms with E-state index in [0.29, 0.717) is 6.61 Å². The van der Waals surface area contributed by atoms with E-state index in [9.17, 15) is 4.55 Å². The van der Waals surface area contributed by atoms with Gasteiger partial charge in [0.1, 0.15) is 4.75 Å². The molecule has 2 atom stereocenters. The van der Waals surface area contributed by atoms with E-state index >= 15 is 0 Å². The molecule has 17 heavy (non-hydrogen) atoms. The first-order chi connectivity index (χ1) is 7.94. The minimum Gasteiger partial charge on any atom is -0.598 e. The molecule has 2 saturated heterocycles. The second-order valence-electron chi connectivity index (χ2n) is 6.18. The zero-order chi connectivity index (χ0) is 12.5. The van der Waals surface area contributed by atoms with Crippen LogP contribution in [0.4, 0.5) is 0 Å². The lowest BCUT2D eigenvalue weighted by Crippen LogP contribution is -2.54. The average Bonchev–Trinajstić information content (AvgIpc) is 2.61. The second kappa shape index (κ2) is 5.05. The van der Waals surface area contributed by atoms with Crippen molar-refractivity contribution in [2.45, 2.75) is 44.4 Å². The summed E-state index contributed by atoms with van der Waals surface area (Å²) in [5, 5.41) is 3.38. The molecule has 0 bridgehead atoms. The second-order valence-corrected chi connectivity index (χ2v) is 8.18. The van der Waals surface area contributed by atoms with Crippen molar-refractivity contribution in [3.63, 3.8) is 0 Å². The summed E-state index contributed by atoms with van der Waals surface area (Å²) in [5.74, 6) is 0. The number of rotatable bonds is 2. The minimum atomic E-state index is -1.01. The van der Waals surface area contributed by atoms with E-state index in [2.05, 4.69) is 10.0 Å². The quantitative estimate of drug-likeness (QED) is 0.721. The SMILES string of the molecule is CC(C)(C)[S@@+]([O-])NC1COCC12CCNCC2. The van der Waals surface area contributed by atoms with Gasteiger partial charge >= 0.3 is 0 Å². The van der Waals surface area contributed by atoms with Crippen molar-refractivity contribution in [1.29, 1.82) is 0 Å². The van der Waals surface area contributed by atoms with Crippen molar-refractivity contribution in [1.82, 2.24) is 10.0 Å². The summed E-state index contributed by atoms with van der Waals surface area (Å²) < 4.78 is 20.9. The van der Waals surface area contributed by atoms with Crippen LogP contribution in [-0.2, 0) is 16.1 Å². The van der Waals surface area contributed by atoms with Crippen molar-refractivity contribution >= 4 is 11.4 Å². The van der Waals surface area contributed by atoms with Crippen LogP contribution in [0.1, 0.15) is 33.6 Å². The fourth-order valence-electron chi connectivity index (χ4n) is 2.54. The molecule has 1 spiro atoms. The highest BCUT2D eigenvalue weighted by Crippen LogP contribution is 2.38. The van der Waals surface area contributed by atoms with E-state index in [1.807, 2.05) is 20.8 Å². The van der Waals surface area contributed by atoms with Gasteiger partial charge < -0.3 is 14.6 Å². The lowest BCUT2D eigenvalue weighted by Gasteiger charge is -2.38. The minimum absolute atomic E-state index is 0.201. The molecular formula is C12H24N2O2S. The van der Waals surface area contributed by atoms with E-state index in [0.717, 1.165) is 32.5 Å². The first-order valence-electron chi connectivity index (χ1n) is 6.41. The Morgan fingerprint density at radius 3 is 2.59 bits per heavy atom. The Bertz CT molecular complexity index is 262. The zero-order valence-electron chi connectivity index (χ0n) is 11.0. The molecular weight excluding hydrogens is 236 g/mol. The van der Waals surface area contributed by atoms with Crippen molar-refractivity contribution < 1.29 is 9.29 Å². The van der Waals surface area contributed by atoms with Gasteiger partial charge in [0.2, 0.25) is 0 Å². The van der Waals surface area contributed by atoms with Crippen LogP contribution in [0.5, 0.6) is 0 Å². The molecule has 2 N–H and O–H groups in total. The van der Waals surface area contributed by atoms with Gasteiger partial charge in [-0.2, -0.15) is 0 Å². The number of nitrogens with one attached hydrogen (secondary N) is 2. The van der Waals surface area contributed by atoms with Gasteiger partial charge in [0, 0.05) is 16.8 Å². The predicted molar refractivity (Wildman–Crippen MR) is 70.2 cm³/mol. The van der Waals surface area contributed by atoms with Gasteiger partial charge in [-0.05, 0) is 46.7 Å². The summed E-state index contributed by atoms with van der Waals surface area (Å²) in [6, 6.07) is 0.240. The van der Waals surface area contributed by atoms with E-state index in [4.69, 9.17) is 4.74 Å². The Hall–Kier alpha value is 0.190. The molecule has 0 aromatic rings. The first kappa shape index (κ1) is 13.6. The van der Waals surface area contributed by atoms with E-state index in [1.165, 1.54) is 0 Å². The summed E-state index contributed by atoms with van der Waals surface area (Å²) in [5.41, 5.74) is 0.201. The predicted octanol–water partition coefficient (Wildman–Crippen LogP) is 0.807. The lowest BCUT2D eigenvalue weighted by molar-refractivity contribution is 0.125. The normalized spacial score (nSPS) is 30.7. The van der Waals surface area contributed by atoms with Gasteiger partial charge in [-0.1, -0.05) is 0 Å². The molecule has 2 heterocycles. The third kappa shape index (κ3) is 2.96. The summed E-state index contributed by atoms with van der Waals surface area (Å²) in [7, 11) is 0. The fraction of sp³-hybridized carbons (Fsp3) is 1.00. The van der Waals surface area contributed by atoms with Crippen molar-refractivity contribution in [3.8, 4) is 0 Å². The van der Waals surface area contributed by atoms with Crippen molar-refractivity contribution in [2.24, 2.45) is 5.41 Å². The van der Waals surface area contributed by atoms with Gasteiger partial charge in [-0.3, -0.25) is 0 Å². The number of hydrogen-bond acceptors (Lipinski definition) is 4. The molecule has 0 aliphatic carbocycles. The van der Waals surface area contributed by atoms with Crippen LogP contribution in [0.3, 0.4) is 0 Å². The highest BCUT2D eigenvalue weighted by molar-refractivity contribution is 7.90. The first-order valence-corrected chi connectivity index (χ1v) is 7.56. The highest BCUT2D eigenvalue weighted by Gasteiger charge is 2.47. The molecule has 0 radical (unpaired) electrons. The molecule has 2 rings (SSSR count).